The highest BCUT2D eigenvalue weighted by molar-refractivity contribution is 6.41. The summed E-state index contributed by atoms with van der Waals surface area (Å²) in [4.78, 5) is 0. The van der Waals surface area contributed by atoms with Gasteiger partial charge in [-0.2, -0.15) is 0 Å². The van der Waals surface area contributed by atoms with Crippen molar-refractivity contribution in [2.45, 2.75) is 42.2 Å². The standard InChI is InChI=1S/C4H9.C3H7.Mg/c1-4(2)3;1-3-2;/h1-3H3;3H,1-2H3;. The zero-order chi connectivity index (χ0) is 6.78. The minimum atomic E-state index is 0.184. The Morgan fingerprint density at radius 1 is 1.12 bits per heavy atom. The molecule has 0 fully saturated rings. The average molecular weight is 125 g/mol. The van der Waals surface area contributed by atoms with Crippen molar-refractivity contribution < 1.29 is 0 Å². The second-order valence-corrected chi connectivity index (χ2v) is 8.32. The van der Waals surface area contributed by atoms with E-state index in [0.717, 1.165) is 4.05 Å². The van der Waals surface area contributed by atoms with Crippen LogP contribution in [0.2, 0.25) is 7.59 Å². The van der Waals surface area contributed by atoms with Gasteiger partial charge in [0.05, 0.1) is 0 Å². The van der Waals surface area contributed by atoms with E-state index in [0.29, 0.717) is 3.54 Å². The Morgan fingerprint density at radius 3 is 1.50 bits per heavy atom. The Hall–Kier alpha value is 0.766. The first kappa shape index (κ1) is 8.77. The van der Waals surface area contributed by atoms with Gasteiger partial charge in [-0.1, -0.05) is 34.6 Å². The van der Waals surface area contributed by atoms with E-state index >= 15 is 0 Å². The molecule has 0 bridgehead atoms. The zero-order valence-corrected chi connectivity index (χ0v) is 8.20. The van der Waals surface area contributed by atoms with Gasteiger partial charge in [-0.15, -0.1) is 7.59 Å². The molecule has 0 saturated heterocycles. The molecule has 0 aromatic heterocycles. The molecule has 0 radical (unpaired) electrons. The molecular weight excluding hydrogens is 108 g/mol. The molecule has 0 atom stereocenters. The minimum absolute atomic E-state index is 0.184. The van der Waals surface area contributed by atoms with Crippen LogP contribution < -0.4 is 0 Å². The summed E-state index contributed by atoms with van der Waals surface area (Å²) in [6.45, 7) is 11.7. The highest BCUT2D eigenvalue weighted by atomic mass is 24.5. The molecule has 0 amide bonds. The lowest BCUT2D eigenvalue weighted by Crippen LogP contribution is -2.10. The van der Waals surface area contributed by atoms with E-state index < -0.39 is 0 Å². The molecule has 0 rings (SSSR count). The van der Waals surface area contributed by atoms with Gasteiger partial charge in [0, 0.05) is 0 Å². The molecule has 0 spiro atoms. The fourth-order valence-electron chi connectivity index (χ4n) is 1.22. The molecule has 0 saturated carbocycles. The van der Waals surface area contributed by atoms with Crippen molar-refractivity contribution in [3.63, 3.8) is 0 Å². The van der Waals surface area contributed by atoms with E-state index in [-0.39, 0.29) is 20.4 Å². The average Bonchev–Trinajstić information content (AvgIpc) is 1.21. The quantitative estimate of drug-likeness (QED) is 0.472. The SMILES string of the molecule is C[CH](C)[Mg][C](C)(C)C. The normalized spacial score (nSPS) is 11.8. The van der Waals surface area contributed by atoms with E-state index in [1.54, 1.807) is 0 Å². The van der Waals surface area contributed by atoms with Gasteiger partial charge in [0.15, 0.2) is 0 Å². The maximum absolute atomic E-state index is 2.35. The van der Waals surface area contributed by atoms with Gasteiger partial charge in [-0.05, 0) is 0 Å². The predicted molar refractivity (Wildman–Crippen MR) is 40.6 cm³/mol. The highest BCUT2D eigenvalue weighted by Gasteiger charge is 2.16. The van der Waals surface area contributed by atoms with E-state index in [2.05, 4.69) is 34.6 Å². The minimum Gasteiger partial charge on any atom is -0.139 e. The topological polar surface area (TPSA) is 0 Å². The smallest absolute Gasteiger partial charge is 0.139 e. The molecule has 0 aliphatic rings. The Labute approximate surface area is 62.8 Å². The van der Waals surface area contributed by atoms with Crippen LogP contribution in [0.5, 0.6) is 0 Å². The van der Waals surface area contributed by atoms with E-state index in [4.69, 9.17) is 0 Å². The van der Waals surface area contributed by atoms with Crippen molar-refractivity contribution in [3.05, 3.63) is 0 Å². The number of hydrogen-bond acceptors (Lipinski definition) is 0. The first-order chi connectivity index (χ1) is 3.42. The molecule has 0 aromatic carbocycles. The molecule has 0 aliphatic carbocycles. The monoisotopic (exact) mass is 124 g/mol. The van der Waals surface area contributed by atoms with Crippen LogP contribution in [0.4, 0.5) is 0 Å². The van der Waals surface area contributed by atoms with E-state index in [9.17, 15) is 0 Å². The second-order valence-electron chi connectivity index (χ2n) is 4.16. The van der Waals surface area contributed by atoms with Crippen molar-refractivity contribution in [1.29, 1.82) is 0 Å². The largest absolute Gasteiger partial charge is 0.376 e. The second kappa shape index (κ2) is 3.07. The highest BCUT2D eigenvalue weighted by Crippen LogP contribution is 2.24. The summed E-state index contributed by atoms with van der Waals surface area (Å²) < 4.78 is 1.64. The maximum atomic E-state index is 2.35. The Bertz CT molecular complexity index is 59.3. The van der Waals surface area contributed by atoms with Crippen LogP contribution in [0.25, 0.3) is 0 Å². The van der Waals surface area contributed by atoms with Gasteiger partial charge in [0.2, 0.25) is 0 Å². The van der Waals surface area contributed by atoms with E-state index in [1.807, 2.05) is 0 Å². The molecule has 1 heteroatoms. The first-order valence-electron chi connectivity index (χ1n) is 3.42. The summed E-state index contributed by atoms with van der Waals surface area (Å²) in [6.07, 6.45) is 0. The first-order valence-corrected chi connectivity index (χ1v) is 4.94. The third-order valence-electron chi connectivity index (χ3n) is 1.02. The van der Waals surface area contributed by atoms with Crippen LogP contribution in [0.3, 0.4) is 0 Å². The van der Waals surface area contributed by atoms with Gasteiger partial charge >= 0.3 is 20.4 Å². The lowest BCUT2D eigenvalue weighted by Gasteiger charge is -2.18. The van der Waals surface area contributed by atoms with Gasteiger partial charge < -0.3 is 0 Å². The van der Waals surface area contributed by atoms with Crippen LogP contribution >= 0.6 is 0 Å². The molecule has 0 N–H and O–H groups in total. The molecular formula is C7H16Mg. The molecule has 46 valence electrons. The fourth-order valence-corrected chi connectivity index (χ4v) is 3.67. The van der Waals surface area contributed by atoms with Crippen molar-refractivity contribution >= 4 is 20.4 Å². The van der Waals surface area contributed by atoms with Gasteiger partial charge in [0.25, 0.3) is 0 Å². The molecule has 0 nitrogen and oxygen atoms in total. The van der Waals surface area contributed by atoms with Crippen LogP contribution in [0, 0.1) is 0 Å². The van der Waals surface area contributed by atoms with Crippen molar-refractivity contribution in [2.75, 3.05) is 0 Å². The van der Waals surface area contributed by atoms with Crippen LogP contribution in [0.15, 0.2) is 0 Å². The summed E-state index contributed by atoms with van der Waals surface area (Å²) in [7, 11) is 0. The summed E-state index contributed by atoms with van der Waals surface area (Å²) in [5.41, 5.74) is 0. The van der Waals surface area contributed by atoms with Crippen LogP contribution in [-0.2, 0) is 0 Å². The third-order valence-corrected chi connectivity index (χ3v) is 3.06. The van der Waals surface area contributed by atoms with Crippen molar-refractivity contribution in [2.24, 2.45) is 0 Å². The lowest BCUT2D eigenvalue weighted by molar-refractivity contribution is 0.736. The molecule has 0 aliphatic heterocycles. The van der Waals surface area contributed by atoms with Crippen LogP contribution in [-0.4, -0.2) is 20.4 Å². The molecule has 0 aromatic rings. The predicted octanol–water partition coefficient (Wildman–Crippen LogP) is 2.74. The maximum Gasteiger partial charge on any atom is 0.376 e. The Morgan fingerprint density at radius 2 is 1.50 bits per heavy atom. The lowest BCUT2D eigenvalue weighted by atomic mass is 10.2. The van der Waals surface area contributed by atoms with Crippen molar-refractivity contribution in [1.82, 2.24) is 0 Å². The zero-order valence-electron chi connectivity index (χ0n) is 6.78. The summed E-state index contributed by atoms with van der Waals surface area (Å²) in [6, 6.07) is 0. The van der Waals surface area contributed by atoms with Crippen LogP contribution in [0.1, 0.15) is 34.6 Å². The summed E-state index contributed by atoms with van der Waals surface area (Å²) in [5, 5.41) is 0. The van der Waals surface area contributed by atoms with Gasteiger partial charge in [0.1, 0.15) is 0 Å². The van der Waals surface area contributed by atoms with Gasteiger partial charge in [-0.3, -0.25) is 0 Å². The summed E-state index contributed by atoms with van der Waals surface area (Å²) >= 11 is 0.184. The molecule has 0 heterocycles. The Kier molecular flexibility index (Phi) is 3.36. The van der Waals surface area contributed by atoms with Crippen molar-refractivity contribution in [3.8, 4) is 0 Å². The molecule has 8 heavy (non-hydrogen) atoms. The van der Waals surface area contributed by atoms with E-state index in [1.165, 1.54) is 0 Å². The number of rotatable bonds is 1. The third kappa shape index (κ3) is 6.77. The Balaban J connectivity index is 3.39. The molecule has 0 unspecified atom stereocenters. The number of hydrogen-bond donors (Lipinski definition) is 0. The fraction of sp³-hybridized carbons (Fsp3) is 1.00. The van der Waals surface area contributed by atoms with Gasteiger partial charge in [-0.25, -0.2) is 0 Å². The summed E-state index contributed by atoms with van der Waals surface area (Å²) in [5.74, 6) is 0.